The Morgan fingerprint density at radius 3 is 1.81 bits per heavy atom. The second kappa shape index (κ2) is 16.1. The van der Waals surface area contributed by atoms with E-state index in [1.165, 1.54) is 0 Å². The highest BCUT2D eigenvalue weighted by Crippen LogP contribution is 2.04. The van der Waals surface area contributed by atoms with Crippen molar-refractivity contribution in [1.82, 2.24) is 0 Å². The molecule has 0 bridgehead atoms. The molecule has 0 aliphatic rings. The van der Waals surface area contributed by atoms with E-state index in [9.17, 15) is 4.79 Å². The zero-order valence-corrected chi connectivity index (χ0v) is 11.1. The molecule has 0 fully saturated rings. The predicted molar refractivity (Wildman–Crippen MR) is 72.6 cm³/mol. The molecule has 94 valence electrons. The van der Waals surface area contributed by atoms with Crippen LogP contribution in [-0.2, 0) is 4.79 Å². The van der Waals surface area contributed by atoms with Gasteiger partial charge in [-0.1, -0.05) is 45.1 Å². The monoisotopic (exact) mass is 226 g/mol. The Kier molecular flexibility index (Phi) is 20.3. The number of allylic oxidation sites excluding steroid dienone is 3. The van der Waals surface area contributed by atoms with E-state index < -0.39 is 5.97 Å². The highest BCUT2D eigenvalue weighted by atomic mass is 16.4. The second-order valence-corrected chi connectivity index (χ2v) is 3.69. The minimum atomic E-state index is -0.763. The first-order valence-corrected chi connectivity index (χ1v) is 5.43. The lowest BCUT2D eigenvalue weighted by Crippen LogP contribution is -1.94. The number of carboxylic acid groups (broad SMARTS) is 1. The summed E-state index contributed by atoms with van der Waals surface area (Å²) < 4.78 is 0. The standard InChI is InChI=1S/C8H12O2.C4H10.C2H4/c1-3-7(4-2)5-6-8(9)10;1-4(2)3;1-2/h3-4H,1,5-6H2,2H3,(H,9,10);4H,1-3H3;1-2H2/b7-4+;;. The molecule has 0 amide bonds. The Morgan fingerprint density at radius 2 is 1.62 bits per heavy atom. The number of carbonyl (C=O) groups is 1. The fraction of sp³-hybridized carbons (Fsp3) is 0.500. The molecule has 2 nitrogen and oxygen atoms in total. The smallest absolute Gasteiger partial charge is 0.303 e. The van der Waals surface area contributed by atoms with Crippen LogP contribution in [0, 0.1) is 5.92 Å². The molecule has 0 aromatic heterocycles. The van der Waals surface area contributed by atoms with E-state index in [0.717, 1.165) is 11.5 Å². The molecule has 1 N–H and O–H groups in total. The van der Waals surface area contributed by atoms with Crippen LogP contribution in [-0.4, -0.2) is 11.1 Å². The van der Waals surface area contributed by atoms with Crippen LogP contribution < -0.4 is 0 Å². The highest BCUT2D eigenvalue weighted by Gasteiger charge is 1.96. The summed E-state index contributed by atoms with van der Waals surface area (Å²) in [4.78, 5) is 10.1. The molecule has 0 atom stereocenters. The summed E-state index contributed by atoms with van der Waals surface area (Å²) in [5.41, 5.74) is 0.988. The van der Waals surface area contributed by atoms with Crippen molar-refractivity contribution in [3.8, 4) is 0 Å². The van der Waals surface area contributed by atoms with Crippen LogP contribution in [0.25, 0.3) is 0 Å². The molecule has 0 rings (SSSR count). The van der Waals surface area contributed by atoms with E-state index in [4.69, 9.17) is 5.11 Å². The van der Waals surface area contributed by atoms with E-state index in [1.807, 2.05) is 13.0 Å². The van der Waals surface area contributed by atoms with Crippen LogP contribution >= 0.6 is 0 Å². The number of carboxylic acids is 1. The Labute approximate surface area is 100 Å². The van der Waals surface area contributed by atoms with Gasteiger partial charge in [-0.2, -0.15) is 0 Å². The minimum absolute atomic E-state index is 0.186. The number of hydrogen-bond acceptors (Lipinski definition) is 1. The maximum absolute atomic E-state index is 10.1. The summed E-state index contributed by atoms with van der Waals surface area (Å²) >= 11 is 0. The lowest BCUT2D eigenvalue weighted by atomic mass is 10.1. The first kappa shape index (κ1) is 20.1. The van der Waals surface area contributed by atoms with Crippen molar-refractivity contribution in [2.75, 3.05) is 0 Å². The molecule has 0 aromatic rings. The van der Waals surface area contributed by atoms with Crippen LogP contribution in [0.5, 0.6) is 0 Å². The van der Waals surface area contributed by atoms with Gasteiger partial charge in [-0.3, -0.25) is 4.79 Å². The van der Waals surface area contributed by atoms with E-state index in [2.05, 4.69) is 40.5 Å². The summed E-state index contributed by atoms with van der Waals surface area (Å²) in [6, 6.07) is 0. The Hall–Kier alpha value is -1.31. The topological polar surface area (TPSA) is 37.3 Å². The van der Waals surface area contributed by atoms with Crippen LogP contribution in [0.3, 0.4) is 0 Å². The molecule has 0 radical (unpaired) electrons. The van der Waals surface area contributed by atoms with E-state index in [-0.39, 0.29) is 6.42 Å². The molecule has 0 saturated carbocycles. The maximum atomic E-state index is 10.1. The second-order valence-electron chi connectivity index (χ2n) is 3.69. The normalized spacial score (nSPS) is 9.44. The summed E-state index contributed by atoms with van der Waals surface area (Å²) in [5.74, 6) is 0.0706. The minimum Gasteiger partial charge on any atom is -0.481 e. The molecule has 0 heterocycles. The third-order valence-corrected chi connectivity index (χ3v) is 1.26. The van der Waals surface area contributed by atoms with Crippen LogP contribution in [0.4, 0.5) is 0 Å². The van der Waals surface area contributed by atoms with Gasteiger partial charge in [0.25, 0.3) is 0 Å². The van der Waals surface area contributed by atoms with Gasteiger partial charge in [-0.05, 0) is 19.3 Å². The third-order valence-electron chi connectivity index (χ3n) is 1.26. The van der Waals surface area contributed by atoms with Crippen LogP contribution in [0.2, 0.25) is 0 Å². The van der Waals surface area contributed by atoms with Gasteiger partial charge < -0.3 is 5.11 Å². The third kappa shape index (κ3) is 29.3. The largest absolute Gasteiger partial charge is 0.481 e. The SMILES string of the molecule is C=C.C=C/C(=C\C)CCC(=O)O.CC(C)C. The summed E-state index contributed by atoms with van der Waals surface area (Å²) in [5, 5.41) is 8.29. The Bertz CT molecular complexity index is 200. The fourth-order valence-corrected chi connectivity index (χ4v) is 0.616. The molecule has 0 saturated heterocycles. The van der Waals surface area contributed by atoms with Crippen molar-refractivity contribution in [2.45, 2.75) is 40.5 Å². The van der Waals surface area contributed by atoms with Gasteiger partial charge >= 0.3 is 5.97 Å². The average molecular weight is 226 g/mol. The zero-order valence-electron chi connectivity index (χ0n) is 11.1. The van der Waals surface area contributed by atoms with Crippen molar-refractivity contribution in [3.63, 3.8) is 0 Å². The number of rotatable bonds is 4. The molecule has 0 unspecified atom stereocenters. The van der Waals surface area contributed by atoms with Crippen LogP contribution in [0.1, 0.15) is 40.5 Å². The Morgan fingerprint density at radius 1 is 1.25 bits per heavy atom. The molecule has 0 spiro atoms. The van der Waals surface area contributed by atoms with E-state index >= 15 is 0 Å². The zero-order chi connectivity index (χ0) is 13.6. The molecule has 16 heavy (non-hydrogen) atoms. The van der Waals surface area contributed by atoms with Gasteiger partial charge in [0.15, 0.2) is 0 Å². The first-order chi connectivity index (χ1) is 7.43. The quantitative estimate of drug-likeness (QED) is 0.568. The maximum Gasteiger partial charge on any atom is 0.303 e. The van der Waals surface area contributed by atoms with Gasteiger partial charge in [0.2, 0.25) is 0 Å². The van der Waals surface area contributed by atoms with Crippen molar-refractivity contribution in [3.05, 3.63) is 37.5 Å². The van der Waals surface area contributed by atoms with Crippen LogP contribution in [0.15, 0.2) is 37.5 Å². The van der Waals surface area contributed by atoms with Crippen molar-refractivity contribution >= 4 is 5.97 Å². The Balaban J connectivity index is -0.000000237. The van der Waals surface area contributed by atoms with Crippen molar-refractivity contribution < 1.29 is 9.90 Å². The van der Waals surface area contributed by atoms with E-state index in [1.54, 1.807) is 6.08 Å². The van der Waals surface area contributed by atoms with Gasteiger partial charge in [-0.15, -0.1) is 13.2 Å². The number of aliphatic carboxylic acids is 1. The fourth-order valence-electron chi connectivity index (χ4n) is 0.616. The van der Waals surface area contributed by atoms with Gasteiger partial charge in [0.05, 0.1) is 0 Å². The molecule has 0 aliphatic carbocycles. The first-order valence-electron chi connectivity index (χ1n) is 5.43. The lowest BCUT2D eigenvalue weighted by Gasteiger charge is -1.95. The molecular formula is C14H26O2. The summed E-state index contributed by atoms with van der Waals surface area (Å²) in [6.45, 7) is 17.9. The predicted octanol–water partition coefficient (Wildman–Crippen LogP) is 4.45. The molecule has 2 heteroatoms. The molecule has 0 aliphatic heterocycles. The highest BCUT2D eigenvalue weighted by molar-refractivity contribution is 5.67. The molecule has 0 aromatic carbocycles. The van der Waals surface area contributed by atoms with Crippen molar-refractivity contribution in [2.24, 2.45) is 5.92 Å². The number of hydrogen-bond donors (Lipinski definition) is 1. The molecular weight excluding hydrogens is 200 g/mol. The van der Waals surface area contributed by atoms with Gasteiger partial charge in [-0.25, -0.2) is 0 Å². The van der Waals surface area contributed by atoms with Gasteiger partial charge in [0, 0.05) is 6.42 Å². The summed E-state index contributed by atoms with van der Waals surface area (Å²) in [7, 11) is 0. The van der Waals surface area contributed by atoms with E-state index in [0.29, 0.717) is 6.42 Å². The van der Waals surface area contributed by atoms with Gasteiger partial charge in [0.1, 0.15) is 0 Å². The lowest BCUT2D eigenvalue weighted by molar-refractivity contribution is -0.136. The summed E-state index contributed by atoms with van der Waals surface area (Å²) in [6.07, 6.45) is 4.32. The van der Waals surface area contributed by atoms with Crippen molar-refractivity contribution in [1.29, 1.82) is 0 Å². The average Bonchev–Trinajstić information content (AvgIpc) is 2.21.